The van der Waals surface area contributed by atoms with Crippen molar-refractivity contribution in [3.05, 3.63) is 48.0 Å². The fourth-order valence-corrected chi connectivity index (χ4v) is 4.14. The number of benzene rings is 1. The van der Waals surface area contributed by atoms with Crippen LogP contribution in [0.1, 0.15) is 30.5 Å². The summed E-state index contributed by atoms with van der Waals surface area (Å²) in [6.45, 7) is 9.16. The van der Waals surface area contributed by atoms with Crippen LogP contribution in [0.4, 0.5) is 0 Å². The highest BCUT2D eigenvalue weighted by atomic mass is 16.2. The van der Waals surface area contributed by atoms with E-state index in [0.29, 0.717) is 52.2 Å². The second-order valence-electron chi connectivity index (χ2n) is 7.63. The van der Waals surface area contributed by atoms with Gasteiger partial charge in [0.15, 0.2) is 0 Å². The van der Waals surface area contributed by atoms with Gasteiger partial charge in [0.2, 0.25) is 17.7 Å². The van der Waals surface area contributed by atoms with E-state index in [-0.39, 0.29) is 23.8 Å². The molecule has 1 unspecified atom stereocenters. The Morgan fingerprint density at radius 1 is 1.14 bits per heavy atom. The zero-order chi connectivity index (χ0) is 20.8. The van der Waals surface area contributed by atoms with Crippen LogP contribution < -0.4 is 5.32 Å². The largest absolute Gasteiger partial charge is 0.352 e. The van der Waals surface area contributed by atoms with Crippen LogP contribution in [0.2, 0.25) is 0 Å². The van der Waals surface area contributed by atoms with Gasteiger partial charge in [-0.1, -0.05) is 30.3 Å². The Kier molecular flexibility index (Phi) is 7.04. The normalized spacial score (nSPS) is 19.4. The first-order chi connectivity index (χ1) is 14.0. The molecule has 2 heterocycles. The summed E-state index contributed by atoms with van der Waals surface area (Å²) in [5.41, 5.74) is 2.30. The summed E-state index contributed by atoms with van der Waals surface area (Å²) in [5, 5.41) is 2.78. The molecule has 29 heavy (non-hydrogen) atoms. The lowest BCUT2D eigenvalue weighted by atomic mass is 9.90. The molecule has 2 aliphatic rings. The number of amides is 3. The van der Waals surface area contributed by atoms with Crippen LogP contribution in [0.3, 0.4) is 0 Å². The third-order valence-corrected chi connectivity index (χ3v) is 5.72. The van der Waals surface area contributed by atoms with Crippen molar-refractivity contribution in [1.29, 1.82) is 0 Å². The van der Waals surface area contributed by atoms with Crippen molar-refractivity contribution >= 4 is 17.7 Å². The molecule has 1 N–H and O–H groups in total. The van der Waals surface area contributed by atoms with E-state index in [2.05, 4.69) is 22.9 Å². The minimum atomic E-state index is -0.201. The Balaban J connectivity index is 1.58. The molecule has 7 heteroatoms. The molecule has 7 nitrogen and oxygen atoms in total. The van der Waals surface area contributed by atoms with Crippen LogP contribution in [-0.2, 0) is 20.8 Å². The van der Waals surface area contributed by atoms with E-state index in [1.54, 1.807) is 13.0 Å². The van der Waals surface area contributed by atoms with Crippen molar-refractivity contribution < 1.29 is 14.4 Å². The molecule has 1 fully saturated rings. The van der Waals surface area contributed by atoms with Gasteiger partial charge in [-0.15, -0.1) is 6.58 Å². The van der Waals surface area contributed by atoms with Crippen molar-refractivity contribution in [2.75, 3.05) is 45.8 Å². The van der Waals surface area contributed by atoms with E-state index >= 15 is 0 Å². The van der Waals surface area contributed by atoms with Gasteiger partial charge in [-0.25, -0.2) is 0 Å². The summed E-state index contributed by atoms with van der Waals surface area (Å²) >= 11 is 0. The number of hydrogen-bond acceptors (Lipinski definition) is 4. The van der Waals surface area contributed by atoms with E-state index in [9.17, 15) is 14.4 Å². The summed E-state index contributed by atoms with van der Waals surface area (Å²) in [5.74, 6) is 0.0435. The Hall–Kier alpha value is -2.67. The summed E-state index contributed by atoms with van der Waals surface area (Å²) in [6, 6.07) is 7.89. The molecule has 0 aromatic heterocycles. The fraction of sp³-hybridized carbons (Fsp3) is 0.500. The zero-order valence-electron chi connectivity index (χ0n) is 17.1. The molecule has 1 aromatic carbocycles. The van der Waals surface area contributed by atoms with Crippen LogP contribution in [0.15, 0.2) is 36.9 Å². The minimum Gasteiger partial charge on any atom is -0.352 e. The van der Waals surface area contributed by atoms with Gasteiger partial charge in [0, 0.05) is 46.2 Å². The van der Waals surface area contributed by atoms with Gasteiger partial charge < -0.3 is 15.1 Å². The Morgan fingerprint density at radius 2 is 1.86 bits per heavy atom. The number of carbonyl (C=O) groups excluding carboxylic acids is 3. The van der Waals surface area contributed by atoms with Crippen LogP contribution >= 0.6 is 0 Å². The Morgan fingerprint density at radius 3 is 2.55 bits per heavy atom. The van der Waals surface area contributed by atoms with E-state index in [1.807, 2.05) is 28.0 Å². The van der Waals surface area contributed by atoms with Gasteiger partial charge in [-0.05, 0) is 17.5 Å². The standard InChI is InChI=1S/C22H30N4O3/c1-3-9-23-21(28)16-24-11-13-25(14-12-24)22(29)15-20-19-7-5-4-6-18(19)8-10-26(20)17(2)27/h3-7,20H,1,8-16H2,2H3,(H,23,28). The number of nitrogens with zero attached hydrogens (tertiary/aromatic N) is 3. The summed E-state index contributed by atoms with van der Waals surface area (Å²) < 4.78 is 0. The topological polar surface area (TPSA) is 73.0 Å². The molecule has 3 rings (SSSR count). The lowest BCUT2D eigenvalue weighted by Crippen LogP contribution is -2.52. The number of carbonyl (C=O) groups is 3. The number of fused-ring (bicyclic) bond motifs is 1. The van der Waals surface area contributed by atoms with Gasteiger partial charge >= 0.3 is 0 Å². The van der Waals surface area contributed by atoms with Crippen LogP contribution in [-0.4, -0.2) is 78.2 Å². The predicted molar refractivity (Wildman–Crippen MR) is 111 cm³/mol. The fourth-order valence-electron chi connectivity index (χ4n) is 4.14. The van der Waals surface area contributed by atoms with Gasteiger partial charge in [-0.2, -0.15) is 0 Å². The molecule has 1 atom stereocenters. The minimum absolute atomic E-state index is 0.00709. The maximum atomic E-state index is 13.0. The highest BCUT2D eigenvalue weighted by molar-refractivity contribution is 5.80. The molecular formula is C22H30N4O3. The molecule has 2 aliphatic heterocycles. The third-order valence-electron chi connectivity index (χ3n) is 5.72. The number of rotatable bonds is 6. The van der Waals surface area contributed by atoms with Crippen molar-refractivity contribution in [2.24, 2.45) is 0 Å². The van der Waals surface area contributed by atoms with Crippen molar-refractivity contribution in [1.82, 2.24) is 20.0 Å². The molecule has 156 valence electrons. The molecule has 0 aliphatic carbocycles. The monoisotopic (exact) mass is 398 g/mol. The SMILES string of the molecule is C=CCNC(=O)CN1CCN(C(=O)CC2c3ccccc3CCN2C(C)=O)CC1. The third kappa shape index (κ3) is 5.23. The smallest absolute Gasteiger partial charge is 0.234 e. The van der Waals surface area contributed by atoms with Gasteiger partial charge in [-0.3, -0.25) is 19.3 Å². The molecule has 0 radical (unpaired) electrons. The first-order valence-corrected chi connectivity index (χ1v) is 10.2. The van der Waals surface area contributed by atoms with Crippen LogP contribution in [0.5, 0.6) is 0 Å². The van der Waals surface area contributed by atoms with Crippen LogP contribution in [0, 0.1) is 0 Å². The van der Waals surface area contributed by atoms with Crippen molar-refractivity contribution in [3.63, 3.8) is 0 Å². The van der Waals surface area contributed by atoms with Gasteiger partial charge in [0.1, 0.15) is 0 Å². The average Bonchev–Trinajstić information content (AvgIpc) is 2.72. The molecule has 0 saturated carbocycles. The maximum absolute atomic E-state index is 13.0. The average molecular weight is 399 g/mol. The van der Waals surface area contributed by atoms with Crippen LogP contribution in [0.25, 0.3) is 0 Å². The molecular weight excluding hydrogens is 368 g/mol. The van der Waals surface area contributed by atoms with E-state index in [1.165, 1.54) is 5.56 Å². The number of piperazine rings is 1. The van der Waals surface area contributed by atoms with Gasteiger partial charge in [0.05, 0.1) is 19.0 Å². The molecule has 0 bridgehead atoms. The zero-order valence-corrected chi connectivity index (χ0v) is 17.1. The highest BCUT2D eigenvalue weighted by Crippen LogP contribution is 2.32. The number of nitrogens with one attached hydrogen (secondary N) is 1. The van der Waals surface area contributed by atoms with E-state index < -0.39 is 0 Å². The second kappa shape index (κ2) is 9.69. The summed E-state index contributed by atoms with van der Waals surface area (Å²) in [7, 11) is 0. The first kappa shape index (κ1) is 21.0. The summed E-state index contributed by atoms with van der Waals surface area (Å²) in [4.78, 5) is 42.7. The summed E-state index contributed by atoms with van der Waals surface area (Å²) in [6.07, 6.45) is 2.78. The number of hydrogen-bond donors (Lipinski definition) is 1. The highest BCUT2D eigenvalue weighted by Gasteiger charge is 2.32. The predicted octanol–water partition coefficient (Wildman–Crippen LogP) is 0.969. The molecule has 0 spiro atoms. The molecule has 1 saturated heterocycles. The Labute approximate surface area is 172 Å². The van der Waals surface area contributed by atoms with Crippen molar-refractivity contribution in [2.45, 2.75) is 25.8 Å². The molecule has 1 aromatic rings. The second-order valence-corrected chi connectivity index (χ2v) is 7.63. The van der Waals surface area contributed by atoms with E-state index in [4.69, 9.17) is 0 Å². The maximum Gasteiger partial charge on any atom is 0.234 e. The van der Waals surface area contributed by atoms with Gasteiger partial charge in [0.25, 0.3) is 0 Å². The van der Waals surface area contributed by atoms with Crippen molar-refractivity contribution in [3.8, 4) is 0 Å². The van der Waals surface area contributed by atoms with E-state index in [0.717, 1.165) is 12.0 Å². The Bertz CT molecular complexity index is 771. The quantitative estimate of drug-likeness (QED) is 0.725. The first-order valence-electron chi connectivity index (χ1n) is 10.2. The molecule has 3 amide bonds. The lowest BCUT2D eigenvalue weighted by molar-refractivity contribution is -0.137. The lowest BCUT2D eigenvalue weighted by Gasteiger charge is -2.39.